The lowest BCUT2D eigenvalue weighted by Crippen LogP contribution is -1.87. The number of para-hydroxylation sites is 1. The highest BCUT2D eigenvalue weighted by Gasteiger charge is 1.96. The van der Waals surface area contributed by atoms with Gasteiger partial charge in [-0.2, -0.15) is 0 Å². The molecule has 0 radical (unpaired) electrons. The maximum atomic E-state index is 5.58. The molecule has 2 nitrogen and oxygen atoms in total. The Labute approximate surface area is 95.2 Å². The topological polar surface area (TPSA) is 22.1 Å². The minimum Gasteiger partial charge on any atom is -0.439 e. The van der Waals surface area contributed by atoms with E-state index in [-0.39, 0.29) is 0 Å². The van der Waals surface area contributed by atoms with E-state index in [1.54, 1.807) is 6.20 Å². The first-order valence-corrected chi connectivity index (χ1v) is 5.20. The van der Waals surface area contributed by atoms with Gasteiger partial charge in [-0.1, -0.05) is 30.4 Å². The van der Waals surface area contributed by atoms with Crippen LogP contribution in [0.2, 0.25) is 0 Å². The third-order valence-corrected chi connectivity index (χ3v) is 2.08. The van der Waals surface area contributed by atoms with Gasteiger partial charge in [-0.25, -0.2) is 4.98 Å². The smallest absolute Gasteiger partial charge is 0.219 e. The maximum absolute atomic E-state index is 5.58. The molecule has 0 spiro atoms. The molecule has 16 heavy (non-hydrogen) atoms. The third kappa shape index (κ3) is 2.70. The lowest BCUT2D eigenvalue weighted by Gasteiger charge is -2.03. The second-order valence-corrected chi connectivity index (χ2v) is 3.34. The Bertz CT molecular complexity index is 460. The molecular weight excluding hydrogens is 198 g/mol. The molecule has 2 aromatic rings. The molecule has 0 bridgehead atoms. The molecule has 0 aliphatic heterocycles. The molecule has 0 atom stereocenters. The Hall–Kier alpha value is -2.09. The molecule has 0 saturated heterocycles. The van der Waals surface area contributed by atoms with Crippen molar-refractivity contribution in [3.8, 4) is 11.6 Å². The summed E-state index contributed by atoms with van der Waals surface area (Å²) < 4.78 is 5.58. The van der Waals surface area contributed by atoms with E-state index in [1.165, 1.54) is 0 Å². The number of aromatic nitrogens is 1. The van der Waals surface area contributed by atoms with Crippen LogP contribution in [0.1, 0.15) is 12.5 Å². The quantitative estimate of drug-likeness (QED) is 0.768. The molecule has 0 aliphatic carbocycles. The van der Waals surface area contributed by atoms with Crippen molar-refractivity contribution in [3.63, 3.8) is 0 Å². The minimum absolute atomic E-state index is 0.611. The number of nitrogens with zero attached hydrogens (tertiary/aromatic N) is 1. The van der Waals surface area contributed by atoms with Crippen molar-refractivity contribution < 1.29 is 4.74 Å². The van der Waals surface area contributed by atoms with Gasteiger partial charge in [0.15, 0.2) is 0 Å². The zero-order valence-corrected chi connectivity index (χ0v) is 9.13. The summed E-state index contributed by atoms with van der Waals surface area (Å²) in [6.07, 6.45) is 5.77. The summed E-state index contributed by atoms with van der Waals surface area (Å²) >= 11 is 0. The van der Waals surface area contributed by atoms with Crippen LogP contribution in [0, 0.1) is 0 Å². The number of rotatable bonds is 3. The molecule has 1 aromatic heterocycles. The van der Waals surface area contributed by atoms with Gasteiger partial charge in [0.1, 0.15) is 5.75 Å². The van der Waals surface area contributed by atoms with Gasteiger partial charge in [-0.3, -0.25) is 0 Å². The van der Waals surface area contributed by atoms with Crippen LogP contribution in [0.25, 0.3) is 6.08 Å². The highest BCUT2D eigenvalue weighted by molar-refractivity contribution is 5.47. The molecule has 0 unspecified atom stereocenters. The van der Waals surface area contributed by atoms with E-state index < -0.39 is 0 Å². The molecule has 0 aliphatic rings. The van der Waals surface area contributed by atoms with Gasteiger partial charge in [-0.15, -0.1) is 0 Å². The number of ether oxygens (including phenoxy) is 1. The van der Waals surface area contributed by atoms with E-state index in [9.17, 15) is 0 Å². The van der Waals surface area contributed by atoms with Gasteiger partial charge in [0.25, 0.3) is 0 Å². The average Bonchev–Trinajstić information content (AvgIpc) is 2.33. The lowest BCUT2D eigenvalue weighted by molar-refractivity contribution is 0.463. The van der Waals surface area contributed by atoms with Crippen molar-refractivity contribution in [2.75, 3.05) is 0 Å². The molecule has 80 valence electrons. The fourth-order valence-electron chi connectivity index (χ4n) is 1.35. The summed E-state index contributed by atoms with van der Waals surface area (Å²) in [5, 5.41) is 0. The van der Waals surface area contributed by atoms with E-state index in [0.29, 0.717) is 5.88 Å². The van der Waals surface area contributed by atoms with Gasteiger partial charge in [0.05, 0.1) is 0 Å². The van der Waals surface area contributed by atoms with Crippen molar-refractivity contribution in [3.05, 3.63) is 60.3 Å². The van der Waals surface area contributed by atoms with Crippen LogP contribution in [-0.4, -0.2) is 4.98 Å². The van der Waals surface area contributed by atoms with Crippen molar-refractivity contribution in [2.24, 2.45) is 0 Å². The Morgan fingerprint density at radius 2 is 1.88 bits per heavy atom. The van der Waals surface area contributed by atoms with Crippen LogP contribution in [0.3, 0.4) is 0 Å². The van der Waals surface area contributed by atoms with Gasteiger partial charge in [0, 0.05) is 12.3 Å². The van der Waals surface area contributed by atoms with Crippen LogP contribution < -0.4 is 4.74 Å². The summed E-state index contributed by atoms with van der Waals surface area (Å²) in [4.78, 5) is 4.22. The molecule has 1 aromatic carbocycles. The summed E-state index contributed by atoms with van der Waals surface area (Å²) in [6.45, 7) is 1.98. The molecule has 0 amide bonds. The van der Waals surface area contributed by atoms with Crippen LogP contribution in [-0.2, 0) is 0 Å². The van der Waals surface area contributed by atoms with Gasteiger partial charge < -0.3 is 4.74 Å². The Kier molecular flexibility index (Phi) is 3.34. The predicted molar refractivity (Wildman–Crippen MR) is 65.5 cm³/mol. The second kappa shape index (κ2) is 5.12. The lowest BCUT2D eigenvalue weighted by atomic mass is 10.2. The Balaban J connectivity index is 2.11. The standard InChI is InChI=1S/C14H13NO/c1-2-6-12-9-10-14(15-11-12)16-13-7-4-3-5-8-13/h2-11H,1H3/b6-2+. The number of hydrogen-bond donors (Lipinski definition) is 0. The minimum atomic E-state index is 0.611. The van der Waals surface area contributed by atoms with Crippen molar-refractivity contribution in [1.82, 2.24) is 4.98 Å². The molecular formula is C14H13NO. The molecule has 2 rings (SSSR count). The predicted octanol–water partition coefficient (Wildman–Crippen LogP) is 3.91. The summed E-state index contributed by atoms with van der Waals surface area (Å²) in [7, 11) is 0. The van der Waals surface area contributed by atoms with Crippen LogP contribution in [0.5, 0.6) is 11.6 Å². The van der Waals surface area contributed by atoms with Crippen LogP contribution in [0.4, 0.5) is 0 Å². The number of benzene rings is 1. The van der Waals surface area contributed by atoms with Crippen molar-refractivity contribution >= 4 is 6.08 Å². The van der Waals surface area contributed by atoms with Gasteiger partial charge in [-0.05, 0) is 30.7 Å². The number of pyridine rings is 1. The first kappa shape index (κ1) is 10.4. The van der Waals surface area contributed by atoms with E-state index in [1.807, 2.05) is 61.5 Å². The molecule has 0 fully saturated rings. The van der Waals surface area contributed by atoms with Crippen molar-refractivity contribution in [2.45, 2.75) is 6.92 Å². The van der Waals surface area contributed by atoms with E-state index in [0.717, 1.165) is 11.3 Å². The summed E-state index contributed by atoms with van der Waals surface area (Å²) in [5.74, 6) is 1.41. The first-order chi connectivity index (χ1) is 7.88. The Morgan fingerprint density at radius 3 is 2.50 bits per heavy atom. The first-order valence-electron chi connectivity index (χ1n) is 5.20. The largest absolute Gasteiger partial charge is 0.439 e. The second-order valence-electron chi connectivity index (χ2n) is 3.34. The summed E-state index contributed by atoms with van der Waals surface area (Å²) in [5.41, 5.74) is 1.07. The van der Waals surface area contributed by atoms with Gasteiger partial charge >= 0.3 is 0 Å². The maximum Gasteiger partial charge on any atom is 0.219 e. The monoisotopic (exact) mass is 211 g/mol. The summed E-state index contributed by atoms with van der Waals surface area (Å²) in [6, 6.07) is 13.5. The fourth-order valence-corrected chi connectivity index (χ4v) is 1.35. The van der Waals surface area contributed by atoms with E-state index >= 15 is 0 Å². The molecule has 0 N–H and O–H groups in total. The zero-order chi connectivity index (χ0) is 11.2. The Morgan fingerprint density at radius 1 is 1.06 bits per heavy atom. The van der Waals surface area contributed by atoms with E-state index in [2.05, 4.69) is 4.98 Å². The van der Waals surface area contributed by atoms with Crippen LogP contribution in [0.15, 0.2) is 54.7 Å². The van der Waals surface area contributed by atoms with E-state index in [4.69, 9.17) is 4.74 Å². The van der Waals surface area contributed by atoms with Crippen LogP contribution >= 0.6 is 0 Å². The number of allylic oxidation sites excluding steroid dienone is 1. The zero-order valence-electron chi connectivity index (χ0n) is 9.13. The fraction of sp³-hybridized carbons (Fsp3) is 0.0714. The molecule has 1 heterocycles. The normalized spacial score (nSPS) is 10.6. The van der Waals surface area contributed by atoms with Gasteiger partial charge in [0.2, 0.25) is 5.88 Å². The highest BCUT2D eigenvalue weighted by atomic mass is 16.5. The average molecular weight is 211 g/mol. The highest BCUT2D eigenvalue weighted by Crippen LogP contribution is 2.18. The SMILES string of the molecule is C/C=C/c1ccc(Oc2ccccc2)nc1. The number of hydrogen-bond acceptors (Lipinski definition) is 2. The third-order valence-electron chi connectivity index (χ3n) is 2.08. The molecule has 0 saturated carbocycles. The van der Waals surface area contributed by atoms with Crippen molar-refractivity contribution in [1.29, 1.82) is 0 Å². The molecule has 2 heteroatoms.